The number of nitrogens with one attached hydrogen (secondary N) is 1. The van der Waals surface area contributed by atoms with Crippen LogP contribution in [0.15, 0.2) is 78.9 Å². The highest BCUT2D eigenvalue weighted by molar-refractivity contribution is 6.03. The summed E-state index contributed by atoms with van der Waals surface area (Å²) in [5.74, 6) is 0.382. The number of carbonyl (C=O) groups is 4. The summed E-state index contributed by atoms with van der Waals surface area (Å²) in [6.07, 6.45) is 0.930. The van der Waals surface area contributed by atoms with Gasteiger partial charge in [0, 0.05) is 37.5 Å². The lowest BCUT2D eigenvalue weighted by Gasteiger charge is -2.29. The summed E-state index contributed by atoms with van der Waals surface area (Å²) in [6, 6.07) is 21.5. The van der Waals surface area contributed by atoms with E-state index in [9.17, 15) is 19.2 Å². The van der Waals surface area contributed by atoms with Crippen molar-refractivity contribution in [1.82, 2.24) is 15.1 Å². The first-order valence-electron chi connectivity index (χ1n) is 14.7. The van der Waals surface area contributed by atoms with Gasteiger partial charge in [-0.25, -0.2) is 0 Å². The standard InChI is InChI=1S/C34H38N4O5/c1-22(2)20-28(35-32(40)23-10-14-25(15-11-23)36(3)4)34(42)37-19-18-29-31(37)30(39)21-38(29)33(41)24-12-16-27(17-13-24)43-26-8-6-5-7-9-26/h5-17,22,28-29,31H,18-21H2,1-4H3,(H,35,40)/t28?,29?,31-/m0/s1. The lowest BCUT2D eigenvalue weighted by molar-refractivity contribution is -0.138. The van der Waals surface area contributed by atoms with E-state index in [1.165, 1.54) is 0 Å². The Morgan fingerprint density at radius 2 is 1.51 bits per heavy atom. The molecule has 3 amide bonds. The summed E-state index contributed by atoms with van der Waals surface area (Å²) in [5.41, 5.74) is 1.87. The van der Waals surface area contributed by atoms with E-state index in [-0.39, 0.29) is 36.0 Å². The van der Waals surface area contributed by atoms with Gasteiger partial charge in [0.2, 0.25) is 5.91 Å². The minimum atomic E-state index is -0.783. The number of fused-ring (bicyclic) bond motifs is 1. The topological polar surface area (TPSA) is 99.3 Å². The number of rotatable bonds is 9. The van der Waals surface area contributed by atoms with Gasteiger partial charge < -0.3 is 24.8 Å². The van der Waals surface area contributed by atoms with Crippen LogP contribution in [0.4, 0.5) is 5.69 Å². The molecule has 2 saturated heterocycles. The number of nitrogens with zero attached hydrogens (tertiary/aromatic N) is 3. The second-order valence-corrected chi connectivity index (χ2v) is 11.8. The predicted octanol–water partition coefficient (Wildman–Crippen LogP) is 4.38. The van der Waals surface area contributed by atoms with Crippen molar-refractivity contribution < 1.29 is 23.9 Å². The average Bonchev–Trinajstić information content (AvgIpc) is 3.58. The van der Waals surface area contributed by atoms with E-state index in [1.807, 2.05) is 75.3 Å². The number of carbonyl (C=O) groups excluding carboxylic acids is 4. The smallest absolute Gasteiger partial charge is 0.254 e. The van der Waals surface area contributed by atoms with Gasteiger partial charge in [-0.15, -0.1) is 0 Å². The van der Waals surface area contributed by atoms with Crippen LogP contribution in [0.2, 0.25) is 0 Å². The first-order valence-corrected chi connectivity index (χ1v) is 14.7. The zero-order chi connectivity index (χ0) is 30.7. The van der Waals surface area contributed by atoms with E-state index in [2.05, 4.69) is 5.32 Å². The van der Waals surface area contributed by atoms with Gasteiger partial charge in [0.05, 0.1) is 12.6 Å². The second kappa shape index (κ2) is 12.7. The Kier molecular flexibility index (Phi) is 8.80. The van der Waals surface area contributed by atoms with E-state index in [0.29, 0.717) is 42.0 Å². The van der Waals surface area contributed by atoms with Gasteiger partial charge in [0.15, 0.2) is 5.78 Å². The Hall–Kier alpha value is -4.66. The lowest BCUT2D eigenvalue weighted by atomic mass is 10.0. The van der Waals surface area contributed by atoms with E-state index < -0.39 is 18.1 Å². The summed E-state index contributed by atoms with van der Waals surface area (Å²) in [6.45, 7) is 4.26. The average molecular weight is 583 g/mol. The van der Waals surface area contributed by atoms with Gasteiger partial charge in [0.1, 0.15) is 23.6 Å². The van der Waals surface area contributed by atoms with Crippen LogP contribution in [0.25, 0.3) is 0 Å². The van der Waals surface area contributed by atoms with Gasteiger partial charge in [-0.3, -0.25) is 19.2 Å². The molecule has 43 heavy (non-hydrogen) atoms. The van der Waals surface area contributed by atoms with E-state index in [0.717, 1.165) is 5.69 Å². The maximum absolute atomic E-state index is 13.8. The summed E-state index contributed by atoms with van der Waals surface area (Å²) in [7, 11) is 3.85. The third-order valence-electron chi connectivity index (χ3n) is 8.00. The predicted molar refractivity (Wildman–Crippen MR) is 164 cm³/mol. The highest BCUT2D eigenvalue weighted by atomic mass is 16.5. The normalized spacial score (nSPS) is 18.4. The monoisotopic (exact) mass is 582 g/mol. The molecule has 2 aliphatic heterocycles. The fraction of sp³-hybridized carbons (Fsp3) is 0.353. The number of likely N-dealkylation sites (tertiary alicyclic amines) is 2. The molecule has 2 unspecified atom stereocenters. The Bertz CT molecular complexity index is 1470. The molecule has 5 rings (SSSR count). The number of hydrogen-bond donors (Lipinski definition) is 1. The number of hydrogen-bond acceptors (Lipinski definition) is 6. The van der Waals surface area contributed by atoms with Gasteiger partial charge in [-0.1, -0.05) is 32.0 Å². The van der Waals surface area contributed by atoms with Crippen molar-refractivity contribution in [3.8, 4) is 11.5 Å². The van der Waals surface area contributed by atoms with Crippen molar-refractivity contribution in [1.29, 1.82) is 0 Å². The van der Waals surface area contributed by atoms with Gasteiger partial charge in [-0.05, 0) is 79.4 Å². The third-order valence-corrected chi connectivity index (χ3v) is 8.00. The molecule has 0 spiro atoms. The minimum Gasteiger partial charge on any atom is -0.457 e. The molecule has 3 aromatic rings. The Labute approximate surface area is 252 Å². The largest absolute Gasteiger partial charge is 0.457 e. The number of para-hydroxylation sites is 1. The zero-order valence-corrected chi connectivity index (χ0v) is 25.0. The van der Waals surface area contributed by atoms with Gasteiger partial charge >= 0.3 is 0 Å². The van der Waals surface area contributed by atoms with Crippen LogP contribution in [0.1, 0.15) is 47.4 Å². The summed E-state index contributed by atoms with van der Waals surface area (Å²) >= 11 is 0. The summed E-state index contributed by atoms with van der Waals surface area (Å²) in [5, 5.41) is 2.92. The lowest BCUT2D eigenvalue weighted by Crippen LogP contribution is -2.53. The molecule has 3 aromatic carbocycles. The van der Waals surface area contributed by atoms with Crippen LogP contribution in [-0.2, 0) is 9.59 Å². The van der Waals surface area contributed by atoms with Crippen LogP contribution in [0, 0.1) is 5.92 Å². The molecule has 224 valence electrons. The number of Topliss-reactive ketones (excluding diaryl/α,β-unsaturated/α-hetero) is 1. The number of ketones is 1. The second-order valence-electron chi connectivity index (χ2n) is 11.8. The molecular weight excluding hydrogens is 544 g/mol. The molecule has 3 atom stereocenters. The van der Waals surface area contributed by atoms with Crippen LogP contribution >= 0.6 is 0 Å². The number of benzene rings is 3. The summed E-state index contributed by atoms with van der Waals surface area (Å²) in [4.78, 5) is 58.8. The van der Waals surface area contributed by atoms with Crippen LogP contribution < -0.4 is 15.0 Å². The van der Waals surface area contributed by atoms with Crippen molar-refractivity contribution in [2.75, 3.05) is 32.1 Å². The molecule has 0 aromatic heterocycles. The van der Waals surface area contributed by atoms with Gasteiger partial charge in [0.25, 0.3) is 11.8 Å². The van der Waals surface area contributed by atoms with Crippen molar-refractivity contribution in [2.45, 2.75) is 44.8 Å². The number of anilines is 1. The number of amides is 3. The number of ether oxygens (including phenoxy) is 1. The van der Waals surface area contributed by atoms with Crippen molar-refractivity contribution in [3.63, 3.8) is 0 Å². The molecule has 2 aliphatic rings. The van der Waals surface area contributed by atoms with Crippen molar-refractivity contribution in [3.05, 3.63) is 90.0 Å². The highest BCUT2D eigenvalue weighted by Crippen LogP contribution is 2.32. The molecular formula is C34H38N4O5. The summed E-state index contributed by atoms with van der Waals surface area (Å²) < 4.78 is 5.83. The zero-order valence-electron chi connectivity index (χ0n) is 25.0. The van der Waals surface area contributed by atoms with Crippen molar-refractivity contribution in [2.24, 2.45) is 5.92 Å². The Morgan fingerprint density at radius 3 is 2.14 bits per heavy atom. The molecule has 2 heterocycles. The first kappa shape index (κ1) is 29.8. The van der Waals surface area contributed by atoms with Crippen LogP contribution in [0.5, 0.6) is 11.5 Å². The minimum absolute atomic E-state index is 0.0559. The molecule has 1 N–H and O–H groups in total. The van der Waals surface area contributed by atoms with E-state index in [1.54, 1.807) is 46.2 Å². The Morgan fingerprint density at radius 1 is 0.884 bits per heavy atom. The highest BCUT2D eigenvalue weighted by Gasteiger charge is 2.52. The Balaban J connectivity index is 1.27. The molecule has 0 saturated carbocycles. The molecule has 0 aliphatic carbocycles. The fourth-order valence-electron chi connectivity index (χ4n) is 5.84. The third kappa shape index (κ3) is 6.56. The quantitative estimate of drug-likeness (QED) is 0.402. The van der Waals surface area contributed by atoms with Crippen molar-refractivity contribution >= 4 is 29.2 Å². The molecule has 0 bridgehead atoms. The van der Waals surface area contributed by atoms with Crippen LogP contribution in [-0.4, -0.2) is 78.6 Å². The molecule has 0 radical (unpaired) electrons. The van der Waals surface area contributed by atoms with E-state index >= 15 is 0 Å². The van der Waals surface area contributed by atoms with Crippen LogP contribution in [0.3, 0.4) is 0 Å². The maximum Gasteiger partial charge on any atom is 0.254 e. The first-order chi connectivity index (χ1) is 20.6. The molecule has 9 nitrogen and oxygen atoms in total. The molecule has 2 fully saturated rings. The van der Waals surface area contributed by atoms with E-state index in [4.69, 9.17) is 4.74 Å². The fourth-order valence-corrected chi connectivity index (χ4v) is 5.84. The molecule has 9 heteroatoms. The SMILES string of the molecule is CC(C)CC(NC(=O)c1ccc(N(C)C)cc1)C(=O)N1CCC2[C@H]1C(=O)CN2C(=O)c1ccc(Oc2ccccc2)cc1. The maximum atomic E-state index is 13.8. The van der Waals surface area contributed by atoms with Gasteiger partial charge in [-0.2, -0.15) is 0 Å².